The number of hydrogen-bond donors (Lipinski definition) is 2. The molecule has 84 valence electrons. The number of amides is 1. The predicted octanol–water partition coefficient (Wildman–Crippen LogP) is 0.212. The summed E-state index contributed by atoms with van der Waals surface area (Å²) in [4.78, 5) is 21.5. The lowest BCUT2D eigenvalue weighted by Gasteiger charge is -2.09. The van der Waals surface area contributed by atoms with Gasteiger partial charge in [0.1, 0.15) is 12.0 Å². The zero-order valence-electron chi connectivity index (χ0n) is 8.00. The van der Waals surface area contributed by atoms with Crippen LogP contribution in [0.2, 0.25) is 0 Å². The Hall–Kier alpha value is -2.28. The number of carboxylic acids is 1. The van der Waals surface area contributed by atoms with Gasteiger partial charge in [-0.15, -0.1) is 0 Å². The molecule has 7 heteroatoms. The van der Waals surface area contributed by atoms with E-state index in [9.17, 15) is 14.0 Å². The number of carbonyl (C=O) groups is 2. The van der Waals surface area contributed by atoms with E-state index in [-0.39, 0.29) is 10.7 Å². The number of rotatable bonds is 3. The quantitative estimate of drug-likeness (QED) is 0.332. The number of carbonyl (C=O) groups excluding carboxylic acids is 1. The van der Waals surface area contributed by atoms with E-state index in [0.29, 0.717) is 6.21 Å². The van der Waals surface area contributed by atoms with E-state index in [1.54, 1.807) is 0 Å². The summed E-state index contributed by atoms with van der Waals surface area (Å²) in [5.41, 5.74) is -0.285. The van der Waals surface area contributed by atoms with Gasteiger partial charge in [0.2, 0.25) is 0 Å². The van der Waals surface area contributed by atoms with E-state index in [4.69, 9.17) is 10.9 Å². The van der Waals surface area contributed by atoms with E-state index < -0.39 is 17.7 Å². The third kappa shape index (κ3) is 2.85. The lowest BCUT2D eigenvalue weighted by molar-refractivity contribution is -0.128. The molecule has 0 aliphatic rings. The second kappa shape index (κ2) is 4.99. The number of aliphatic carboxylic acids is 1. The summed E-state index contributed by atoms with van der Waals surface area (Å²) < 4.78 is 13.1. The molecule has 0 heterocycles. The van der Waals surface area contributed by atoms with Gasteiger partial charge in [0.15, 0.2) is 0 Å². The summed E-state index contributed by atoms with van der Waals surface area (Å²) in [7, 11) is 0. The Morgan fingerprint density at radius 1 is 1.44 bits per heavy atom. The molecule has 0 saturated carbocycles. The third-order valence-corrected chi connectivity index (χ3v) is 1.60. The van der Waals surface area contributed by atoms with Crippen LogP contribution in [0.1, 0.15) is 10.4 Å². The lowest BCUT2D eigenvalue weighted by Crippen LogP contribution is -2.33. The van der Waals surface area contributed by atoms with Crippen LogP contribution in [0.5, 0.6) is 0 Å². The molecule has 0 aliphatic carbocycles. The van der Waals surface area contributed by atoms with Gasteiger partial charge in [-0.25, -0.2) is 15.0 Å². The van der Waals surface area contributed by atoms with E-state index in [0.717, 1.165) is 6.07 Å². The maximum Gasteiger partial charge on any atom is 0.348 e. The molecular formula is C9H8FN3O3. The average Bonchev–Trinajstić information content (AvgIpc) is 2.25. The van der Waals surface area contributed by atoms with Gasteiger partial charge in [-0.1, -0.05) is 12.1 Å². The molecule has 0 fully saturated rings. The monoisotopic (exact) mass is 225 g/mol. The topological polar surface area (TPSA) is 96.0 Å². The highest BCUT2D eigenvalue weighted by Crippen LogP contribution is 2.08. The molecule has 0 aliphatic heterocycles. The van der Waals surface area contributed by atoms with Crippen molar-refractivity contribution in [1.29, 1.82) is 0 Å². The van der Waals surface area contributed by atoms with Crippen molar-refractivity contribution in [2.75, 3.05) is 0 Å². The van der Waals surface area contributed by atoms with Crippen LogP contribution in [0.4, 0.5) is 4.39 Å². The standard InChI is InChI=1S/C9H8FN3O3/c10-7-4-2-1-3-6(7)9(16)13(11)12-5-8(14)15/h1-5H,11H2,(H,14,15)/b12-5-. The normalized spacial score (nSPS) is 10.4. The highest BCUT2D eigenvalue weighted by molar-refractivity contribution is 6.22. The van der Waals surface area contributed by atoms with Gasteiger partial charge in [-0.05, 0) is 12.1 Å². The molecule has 1 aromatic rings. The molecule has 1 amide bonds. The summed E-state index contributed by atoms with van der Waals surface area (Å²) in [6.45, 7) is 0. The molecule has 1 rings (SSSR count). The number of benzene rings is 1. The van der Waals surface area contributed by atoms with Crippen molar-refractivity contribution in [3.8, 4) is 0 Å². The Kier molecular flexibility index (Phi) is 3.67. The van der Waals surface area contributed by atoms with Crippen LogP contribution in [-0.4, -0.2) is 28.3 Å². The number of carboxylic acid groups (broad SMARTS) is 1. The van der Waals surface area contributed by atoms with Crippen molar-refractivity contribution >= 4 is 18.1 Å². The molecule has 0 spiro atoms. The second-order valence-corrected chi connectivity index (χ2v) is 2.71. The Morgan fingerprint density at radius 2 is 2.06 bits per heavy atom. The van der Waals surface area contributed by atoms with Crippen molar-refractivity contribution in [2.45, 2.75) is 0 Å². The van der Waals surface area contributed by atoms with E-state index in [2.05, 4.69) is 5.10 Å². The van der Waals surface area contributed by atoms with Crippen LogP contribution in [0, 0.1) is 5.82 Å². The maximum absolute atomic E-state index is 13.1. The van der Waals surface area contributed by atoms with Crippen LogP contribution in [-0.2, 0) is 4.79 Å². The first-order chi connectivity index (χ1) is 7.52. The molecule has 6 nitrogen and oxygen atoms in total. The molecule has 0 aromatic heterocycles. The van der Waals surface area contributed by atoms with Crippen LogP contribution < -0.4 is 5.84 Å². The Bertz CT molecular complexity index is 447. The summed E-state index contributed by atoms with van der Waals surface area (Å²) >= 11 is 0. The zero-order valence-corrected chi connectivity index (χ0v) is 8.00. The smallest absolute Gasteiger partial charge is 0.348 e. The second-order valence-electron chi connectivity index (χ2n) is 2.71. The first kappa shape index (κ1) is 11.8. The van der Waals surface area contributed by atoms with Crippen LogP contribution >= 0.6 is 0 Å². The Labute approximate surface area is 89.7 Å². The fourth-order valence-electron chi connectivity index (χ4n) is 0.922. The van der Waals surface area contributed by atoms with Crippen LogP contribution in [0.25, 0.3) is 0 Å². The average molecular weight is 225 g/mol. The molecule has 1 aromatic carbocycles. The maximum atomic E-state index is 13.1. The molecule has 16 heavy (non-hydrogen) atoms. The minimum absolute atomic E-state index is 0.256. The van der Waals surface area contributed by atoms with Gasteiger partial charge in [0.25, 0.3) is 5.91 Å². The number of hydrogen-bond acceptors (Lipinski definition) is 4. The van der Waals surface area contributed by atoms with Gasteiger partial charge in [0, 0.05) is 0 Å². The van der Waals surface area contributed by atoms with Crippen molar-refractivity contribution in [1.82, 2.24) is 5.12 Å². The predicted molar refractivity (Wildman–Crippen MR) is 52.9 cm³/mol. The van der Waals surface area contributed by atoms with Crippen molar-refractivity contribution < 1.29 is 19.1 Å². The first-order valence-electron chi connectivity index (χ1n) is 4.13. The minimum Gasteiger partial charge on any atom is -0.477 e. The molecule has 0 radical (unpaired) electrons. The molecule has 0 atom stereocenters. The van der Waals surface area contributed by atoms with Gasteiger partial charge in [-0.3, -0.25) is 4.79 Å². The fourth-order valence-corrected chi connectivity index (χ4v) is 0.922. The first-order valence-corrected chi connectivity index (χ1v) is 4.13. The number of halogens is 1. The van der Waals surface area contributed by atoms with Gasteiger partial charge in [0.05, 0.1) is 5.56 Å². The van der Waals surface area contributed by atoms with Crippen molar-refractivity contribution in [2.24, 2.45) is 10.9 Å². The Balaban J connectivity index is 2.87. The van der Waals surface area contributed by atoms with Gasteiger partial charge in [-0.2, -0.15) is 10.2 Å². The van der Waals surface area contributed by atoms with E-state index in [1.807, 2.05) is 0 Å². The molecule has 3 N–H and O–H groups in total. The summed E-state index contributed by atoms with van der Waals surface area (Å²) in [5.74, 6) is 2.07. The molecule has 0 saturated heterocycles. The Morgan fingerprint density at radius 3 is 2.62 bits per heavy atom. The zero-order chi connectivity index (χ0) is 12.1. The molecule has 0 unspecified atom stereocenters. The minimum atomic E-state index is -1.36. The van der Waals surface area contributed by atoms with Crippen molar-refractivity contribution in [3.63, 3.8) is 0 Å². The van der Waals surface area contributed by atoms with E-state index in [1.165, 1.54) is 18.2 Å². The highest BCUT2D eigenvalue weighted by Gasteiger charge is 2.15. The number of nitrogens with two attached hydrogens (primary N) is 1. The van der Waals surface area contributed by atoms with Gasteiger partial charge < -0.3 is 5.11 Å². The lowest BCUT2D eigenvalue weighted by atomic mass is 10.2. The highest BCUT2D eigenvalue weighted by atomic mass is 19.1. The summed E-state index contributed by atoms with van der Waals surface area (Å²) in [6, 6.07) is 5.16. The van der Waals surface area contributed by atoms with Gasteiger partial charge >= 0.3 is 5.97 Å². The van der Waals surface area contributed by atoms with E-state index >= 15 is 0 Å². The van der Waals surface area contributed by atoms with Crippen LogP contribution in [0.3, 0.4) is 0 Å². The summed E-state index contributed by atoms with van der Waals surface area (Å²) in [6.07, 6.45) is 0.429. The van der Waals surface area contributed by atoms with Crippen LogP contribution in [0.15, 0.2) is 29.4 Å². The number of hydrazone groups is 1. The number of hydrazine groups is 1. The molecule has 0 bridgehead atoms. The fraction of sp³-hybridized carbons (Fsp3) is 0. The SMILES string of the molecule is NN(/N=C\C(=O)O)C(=O)c1ccccc1F. The van der Waals surface area contributed by atoms with Crippen molar-refractivity contribution in [3.05, 3.63) is 35.6 Å². The summed E-state index contributed by atoms with van der Waals surface area (Å²) in [5, 5.41) is 11.6. The largest absolute Gasteiger partial charge is 0.477 e. The third-order valence-electron chi connectivity index (χ3n) is 1.60. The molecular weight excluding hydrogens is 217 g/mol. The number of nitrogens with zero attached hydrogens (tertiary/aromatic N) is 2.